The largest absolute Gasteiger partial charge is 0.497 e. The molecule has 0 bridgehead atoms. The van der Waals surface area contributed by atoms with Gasteiger partial charge in [-0.05, 0) is 85.8 Å². The zero-order valence-electron chi connectivity index (χ0n) is 20.6. The third kappa shape index (κ3) is 4.85. The van der Waals surface area contributed by atoms with Gasteiger partial charge in [-0.15, -0.1) is 15.0 Å². The smallest absolute Gasteiger partial charge is 0.198 e. The van der Waals surface area contributed by atoms with Crippen LogP contribution in [0.5, 0.6) is 5.75 Å². The molecule has 0 saturated carbocycles. The number of hydrogen-bond donors (Lipinski definition) is 0. The number of anilines is 3. The summed E-state index contributed by atoms with van der Waals surface area (Å²) >= 11 is 1.81. The molecule has 3 aromatic carbocycles. The fourth-order valence-corrected chi connectivity index (χ4v) is 5.16. The lowest BCUT2D eigenvalue weighted by Crippen LogP contribution is -2.22. The van der Waals surface area contributed by atoms with E-state index in [0.717, 1.165) is 24.5 Å². The van der Waals surface area contributed by atoms with E-state index in [1.807, 2.05) is 54.3 Å². The molecule has 0 atom stereocenters. The third-order valence-corrected chi connectivity index (χ3v) is 7.13. The van der Waals surface area contributed by atoms with Crippen molar-refractivity contribution in [3.05, 3.63) is 90.9 Å². The average Bonchev–Trinajstić information content (AvgIpc) is 3.40. The first-order chi connectivity index (χ1) is 17.7. The van der Waals surface area contributed by atoms with Crippen molar-refractivity contribution in [3.8, 4) is 11.4 Å². The van der Waals surface area contributed by atoms with Crippen LogP contribution in [-0.4, -0.2) is 40.4 Å². The van der Waals surface area contributed by atoms with Gasteiger partial charge >= 0.3 is 0 Å². The van der Waals surface area contributed by atoms with Gasteiger partial charge in [-0.2, -0.15) is 0 Å². The molecule has 8 heteroatoms. The van der Waals surface area contributed by atoms with Gasteiger partial charge in [0, 0.05) is 34.8 Å². The number of allylic oxidation sites excluding steroid dienone is 2. The standard InChI is InChI=1S/C28H28N6OS/c1-4-32(5-2)22-15-18-27-25(20-22)33(24-10-6-7-11-26(24)36-27)19-9-8-12-28-29-31-34(30-28)21-13-16-23(35-3)17-14-21/h6-20H,4-5H2,1-3H3/b12-8+,19-9+. The maximum atomic E-state index is 5.21. The summed E-state index contributed by atoms with van der Waals surface area (Å²) in [5.41, 5.74) is 4.39. The number of aromatic nitrogens is 4. The Morgan fingerprint density at radius 2 is 1.69 bits per heavy atom. The van der Waals surface area contributed by atoms with Crippen LogP contribution in [0.15, 0.2) is 94.9 Å². The van der Waals surface area contributed by atoms with Crippen LogP contribution in [0, 0.1) is 0 Å². The predicted octanol–water partition coefficient (Wildman–Crippen LogP) is 6.35. The van der Waals surface area contributed by atoms with Crippen LogP contribution in [0.2, 0.25) is 0 Å². The van der Waals surface area contributed by atoms with E-state index in [0.29, 0.717) is 5.82 Å². The summed E-state index contributed by atoms with van der Waals surface area (Å²) in [4.78, 5) is 8.59. The van der Waals surface area contributed by atoms with E-state index >= 15 is 0 Å². The van der Waals surface area contributed by atoms with Gasteiger partial charge in [0.25, 0.3) is 0 Å². The van der Waals surface area contributed by atoms with Gasteiger partial charge in [-0.3, -0.25) is 0 Å². The molecule has 0 saturated heterocycles. The van der Waals surface area contributed by atoms with Crippen molar-refractivity contribution in [3.63, 3.8) is 0 Å². The molecule has 1 aliphatic heterocycles. The fraction of sp³-hybridized carbons (Fsp3) is 0.179. The summed E-state index contributed by atoms with van der Waals surface area (Å²) in [6.07, 6.45) is 7.89. The Morgan fingerprint density at radius 1 is 0.917 bits per heavy atom. The Bertz CT molecular complexity index is 1390. The highest BCUT2D eigenvalue weighted by Crippen LogP contribution is 2.49. The van der Waals surface area contributed by atoms with Crippen molar-refractivity contribution in [2.24, 2.45) is 0 Å². The molecular formula is C28H28N6OS. The molecule has 2 heterocycles. The first-order valence-corrected chi connectivity index (χ1v) is 12.8. The molecule has 4 aromatic rings. The molecule has 7 nitrogen and oxygen atoms in total. The van der Waals surface area contributed by atoms with Gasteiger partial charge in [0.05, 0.1) is 24.2 Å². The van der Waals surface area contributed by atoms with Crippen LogP contribution >= 0.6 is 11.8 Å². The van der Waals surface area contributed by atoms with E-state index in [2.05, 4.69) is 87.7 Å². The van der Waals surface area contributed by atoms with E-state index in [1.165, 1.54) is 31.6 Å². The third-order valence-electron chi connectivity index (χ3n) is 6.00. The molecule has 182 valence electrons. The van der Waals surface area contributed by atoms with Gasteiger partial charge < -0.3 is 14.5 Å². The van der Waals surface area contributed by atoms with Crippen LogP contribution in [0.25, 0.3) is 11.8 Å². The van der Waals surface area contributed by atoms with Crippen molar-refractivity contribution in [1.29, 1.82) is 0 Å². The summed E-state index contributed by atoms with van der Waals surface area (Å²) in [5, 5.41) is 12.8. The Kier molecular flexibility index (Phi) is 7.04. The minimum absolute atomic E-state index is 0.536. The van der Waals surface area contributed by atoms with Crippen molar-refractivity contribution in [2.45, 2.75) is 23.6 Å². The topological polar surface area (TPSA) is 59.3 Å². The molecule has 1 aliphatic rings. The number of benzene rings is 3. The summed E-state index contributed by atoms with van der Waals surface area (Å²) < 4.78 is 5.21. The maximum Gasteiger partial charge on any atom is 0.198 e. The SMILES string of the molecule is CCN(CC)c1ccc2c(c1)N(/C=C/C=C/c1nnn(-c3ccc(OC)cc3)n1)c1ccccc1S2. The highest BCUT2D eigenvalue weighted by molar-refractivity contribution is 7.99. The lowest BCUT2D eigenvalue weighted by Gasteiger charge is -2.32. The molecule has 0 unspecified atom stereocenters. The van der Waals surface area contributed by atoms with Crippen molar-refractivity contribution < 1.29 is 4.74 Å². The number of para-hydroxylation sites is 1. The van der Waals surface area contributed by atoms with Crippen molar-refractivity contribution in [2.75, 3.05) is 30.0 Å². The highest BCUT2D eigenvalue weighted by atomic mass is 32.2. The van der Waals surface area contributed by atoms with Crippen molar-refractivity contribution in [1.82, 2.24) is 20.2 Å². The normalized spacial score (nSPS) is 12.7. The Morgan fingerprint density at radius 3 is 2.47 bits per heavy atom. The van der Waals surface area contributed by atoms with Gasteiger partial charge in [-0.1, -0.05) is 30.0 Å². The van der Waals surface area contributed by atoms with E-state index in [9.17, 15) is 0 Å². The lowest BCUT2D eigenvalue weighted by molar-refractivity contribution is 0.414. The Labute approximate surface area is 215 Å². The molecule has 5 rings (SSSR count). The molecule has 0 amide bonds. The van der Waals surface area contributed by atoms with Crippen LogP contribution in [0.1, 0.15) is 19.7 Å². The second-order valence-corrected chi connectivity index (χ2v) is 9.18. The van der Waals surface area contributed by atoms with Gasteiger partial charge in [0.2, 0.25) is 0 Å². The second kappa shape index (κ2) is 10.7. The average molecular weight is 497 g/mol. The zero-order chi connectivity index (χ0) is 24.9. The molecule has 0 spiro atoms. The molecule has 0 N–H and O–H groups in total. The number of fused-ring (bicyclic) bond motifs is 2. The van der Waals surface area contributed by atoms with Gasteiger partial charge in [-0.25, -0.2) is 0 Å². The van der Waals surface area contributed by atoms with Crippen molar-refractivity contribution >= 4 is 34.9 Å². The van der Waals surface area contributed by atoms with Crippen LogP contribution < -0.4 is 14.5 Å². The summed E-state index contributed by atoms with van der Waals surface area (Å²) in [7, 11) is 1.64. The number of ether oxygens (including phenoxy) is 1. The number of methoxy groups -OCH3 is 1. The number of tetrazole rings is 1. The summed E-state index contributed by atoms with van der Waals surface area (Å²) in [6, 6.07) is 22.7. The monoisotopic (exact) mass is 496 g/mol. The van der Waals surface area contributed by atoms with E-state index in [-0.39, 0.29) is 0 Å². The summed E-state index contributed by atoms with van der Waals surface area (Å²) in [6.45, 7) is 6.33. The number of nitrogens with zero attached hydrogens (tertiary/aromatic N) is 6. The Hall–Kier alpha value is -4.04. The zero-order valence-corrected chi connectivity index (χ0v) is 21.4. The van der Waals surface area contributed by atoms with Crippen LogP contribution in [-0.2, 0) is 0 Å². The quantitative estimate of drug-likeness (QED) is 0.264. The lowest BCUT2D eigenvalue weighted by atomic mass is 10.2. The van der Waals surface area contributed by atoms with E-state index in [1.54, 1.807) is 7.11 Å². The minimum Gasteiger partial charge on any atom is -0.497 e. The minimum atomic E-state index is 0.536. The summed E-state index contributed by atoms with van der Waals surface area (Å²) in [5.74, 6) is 1.32. The number of hydrogen-bond acceptors (Lipinski definition) is 7. The van der Waals surface area contributed by atoms with E-state index < -0.39 is 0 Å². The molecule has 0 aliphatic carbocycles. The molecule has 0 radical (unpaired) electrons. The highest BCUT2D eigenvalue weighted by Gasteiger charge is 2.22. The van der Waals surface area contributed by atoms with Gasteiger partial charge in [0.1, 0.15) is 5.75 Å². The molecule has 1 aromatic heterocycles. The second-order valence-electron chi connectivity index (χ2n) is 8.10. The first kappa shape index (κ1) is 23.7. The molecular weight excluding hydrogens is 468 g/mol. The van der Waals surface area contributed by atoms with Gasteiger partial charge in [0.15, 0.2) is 5.82 Å². The number of rotatable bonds is 8. The van der Waals surface area contributed by atoms with E-state index in [4.69, 9.17) is 4.74 Å². The first-order valence-electron chi connectivity index (χ1n) is 11.9. The Balaban J connectivity index is 1.39. The molecule has 36 heavy (non-hydrogen) atoms. The van der Waals surface area contributed by atoms with Crippen LogP contribution in [0.4, 0.5) is 17.1 Å². The predicted molar refractivity (Wildman–Crippen MR) is 147 cm³/mol. The molecule has 0 fully saturated rings. The maximum absolute atomic E-state index is 5.21. The van der Waals surface area contributed by atoms with Crippen LogP contribution in [0.3, 0.4) is 0 Å². The fourth-order valence-electron chi connectivity index (χ4n) is 4.11.